The maximum Gasteiger partial charge on any atom is 0.325 e. The molecule has 4 rings (SSSR count). The van der Waals surface area contributed by atoms with E-state index in [0.29, 0.717) is 22.4 Å². The second-order valence-electron chi connectivity index (χ2n) is 8.11. The van der Waals surface area contributed by atoms with E-state index in [1.165, 1.54) is 51.7 Å². The van der Waals surface area contributed by atoms with Gasteiger partial charge >= 0.3 is 6.03 Å². The summed E-state index contributed by atoms with van der Waals surface area (Å²) in [6.45, 7) is -0.736. The van der Waals surface area contributed by atoms with E-state index >= 15 is 4.39 Å². The van der Waals surface area contributed by atoms with Gasteiger partial charge in [0, 0.05) is 12.1 Å². The Bertz CT molecular complexity index is 1430. The van der Waals surface area contributed by atoms with Crippen LogP contribution in [0.15, 0.2) is 47.2 Å². The lowest BCUT2D eigenvalue weighted by Gasteiger charge is -2.17. The van der Waals surface area contributed by atoms with Crippen LogP contribution in [0.3, 0.4) is 0 Å². The zero-order valence-corrected chi connectivity index (χ0v) is 20.0. The topological polar surface area (TPSA) is 121 Å². The van der Waals surface area contributed by atoms with Gasteiger partial charge in [-0.15, -0.1) is 0 Å². The zero-order chi connectivity index (χ0) is 26.6. The highest BCUT2D eigenvalue weighted by atomic mass is 19.1. The van der Waals surface area contributed by atoms with E-state index in [-0.39, 0.29) is 28.9 Å². The summed E-state index contributed by atoms with van der Waals surface area (Å²) in [6.07, 6.45) is 1.25. The summed E-state index contributed by atoms with van der Waals surface area (Å²) in [5, 5.41) is 8.66. The Labute approximate surface area is 208 Å². The molecule has 194 valence electrons. The number of amides is 2. The van der Waals surface area contributed by atoms with Gasteiger partial charge in [0.15, 0.2) is 28.9 Å². The van der Waals surface area contributed by atoms with Crippen LogP contribution >= 0.6 is 0 Å². The molecule has 0 fully saturated rings. The third kappa shape index (κ3) is 5.20. The maximum absolute atomic E-state index is 15.2. The van der Waals surface area contributed by atoms with Gasteiger partial charge in [-0.05, 0) is 25.1 Å². The number of carbonyl (C=O) groups is 1. The molecule has 2 heterocycles. The Kier molecular flexibility index (Phi) is 7.32. The predicted molar refractivity (Wildman–Crippen MR) is 128 cm³/mol. The molecule has 4 aromatic rings. The third-order valence-electron chi connectivity index (χ3n) is 5.46. The van der Waals surface area contributed by atoms with Gasteiger partial charge in [0.2, 0.25) is 5.88 Å². The van der Waals surface area contributed by atoms with Crippen LogP contribution in [0.1, 0.15) is 12.7 Å². The summed E-state index contributed by atoms with van der Waals surface area (Å²) in [4.78, 5) is 20.7. The van der Waals surface area contributed by atoms with Gasteiger partial charge in [0.1, 0.15) is 25.4 Å². The standard InChI is InChI=1S/C24H22F3N5O5/c1-24(10-25,11-26)19-9-20(32-37-19)31-23(33)30-14-5-4-6-16(21(14)27)36-22-13-7-17(34-2)18(35-3)8-15(13)28-12-29-22/h4-9,12H,10-11H2,1-3H3,(H2,30,31,32,33). The largest absolute Gasteiger partial charge is 0.493 e. The van der Waals surface area contributed by atoms with Crippen molar-refractivity contribution in [3.05, 3.63) is 54.3 Å². The van der Waals surface area contributed by atoms with Crippen LogP contribution in [0.5, 0.6) is 23.1 Å². The molecule has 0 bridgehead atoms. The van der Waals surface area contributed by atoms with Crippen molar-refractivity contribution in [1.29, 1.82) is 0 Å². The van der Waals surface area contributed by atoms with Crippen LogP contribution in [0.4, 0.5) is 29.5 Å². The van der Waals surface area contributed by atoms with Gasteiger partial charge in [0.25, 0.3) is 0 Å². The number of hydrogen-bond donors (Lipinski definition) is 2. The van der Waals surface area contributed by atoms with Crippen molar-refractivity contribution in [3.8, 4) is 23.1 Å². The second-order valence-corrected chi connectivity index (χ2v) is 8.11. The van der Waals surface area contributed by atoms with Gasteiger partial charge in [0.05, 0.1) is 36.2 Å². The average molecular weight is 517 g/mol. The first-order chi connectivity index (χ1) is 17.8. The van der Waals surface area contributed by atoms with E-state index in [1.54, 1.807) is 12.1 Å². The molecule has 2 aromatic carbocycles. The monoisotopic (exact) mass is 517 g/mol. The van der Waals surface area contributed by atoms with E-state index in [4.69, 9.17) is 18.7 Å². The second kappa shape index (κ2) is 10.6. The molecule has 0 aliphatic carbocycles. The minimum Gasteiger partial charge on any atom is -0.493 e. The minimum atomic E-state index is -1.53. The van der Waals surface area contributed by atoms with Crippen molar-refractivity contribution >= 4 is 28.4 Å². The highest BCUT2D eigenvalue weighted by molar-refractivity contribution is 5.99. The highest BCUT2D eigenvalue weighted by Crippen LogP contribution is 2.37. The number of urea groups is 1. The Morgan fingerprint density at radius 2 is 1.76 bits per heavy atom. The predicted octanol–water partition coefficient (Wildman–Crippen LogP) is 5.41. The Hall–Kier alpha value is -4.55. The number of alkyl halides is 2. The van der Waals surface area contributed by atoms with Gasteiger partial charge < -0.3 is 24.1 Å². The van der Waals surface area contributed by atoms with Crippen LogP contribution in [0, 0.1) is 5.82 Å². The molecular formula is C24H22F3N5O5. The van der Waals surface area contributed by atoms with E-state index < -0.39 is 30.6 Å². The number of methoxy groups -OCH3 is 2. The number of benzene rings is 2. The lowest BCUT2D eigenvalue weighted by atomic mass is 9.91. The lowest BCUT2D eigenvalue weighted by Crippen LogP contribution is -2.26. The first-order valence-corrected chi connectivity index (χ1v) is 10.8. The normalized spacial score (nSPS) is 11.3. The number of hydrogen-bond acceptors (Lipinski definition) is 8. The van der Waals surface area contributed by atoms with Crippen molar-refractivity contribution < 1.29 is 36.7 Å². The SMILES string of the molecule is COc1cc2ncnc(Oc3cccc(NC(=O)Nc4cc(C(C)(CF)CF)on4)c3F)c2cc1OC. The van der Waals surface area contributed by atoms with Gasteiger partial charge in [-0.2, -0.15) is 0 Å². The minimum absolute atomic E-state index is 0.0466. The fourth-order valence-corrected chi connectivity index (χ4v) is 3.29. The summed E-state index contributed by atoms with van der Waals surface area (Å²) in [7, 11) is 2.95. The molecule has 0 aliphatic rings. The van der Waals surface area contributed by atoms with Gasteiger partial charge in [-0.1, -0.05) is 11.2 Å². The molecule has 0 spiro atoms. The molecule has 0 saturated heterocycles. The summed E-state index contributed by atoms with van der Waals surface area (Å²) in [5.41, 5.74) is -1.27. The van der Waals surface area contributed by atoms with Crippen molar-refractivity contribution in [2.45, 2.75) is 12.3 Å². The van der Waals surface area contributed by atoms with E-state index in [1.807, 2.05) is 0 Å². The molecule has 0 saturated carbocycles. The highest BCUT2D eigenvalue weighted by Gasteiger charge is 2.32. The summed E-state index contributed by atoms with van der Waals surface area (Å²) < 4.78 is 62.8. The van der Waals surface area contributed by atoms with Crippen molar-refractivity contribution in [2.24, 2.45) is 0 Å². The smallest absolute Gasteiger partial charge is 0.325 e. The lowest BCUT2D eigenvalue weighted by molar-refractivity contribution is 0.206. The summed E-state index contributed by atoms with van der Waals surface area (Å²) >= 11 is 0. The number of rotatable bonds is 9. The molecule has 37 heavy (non-hydrogen) atoms. The Morgan fingerprint density at radius 1 is 1.03 bits per heavy atom. The number of nitrogens with one attached hydrogen (secondary N) is 2. The van der Waals surface area contributed by atoms with E-state index in [0.717, 1.165) is 0 Å². The van der Waals surface area contributed by atoms with Crippen molar-refractivity contribution in [1.82, 2.24) is 15.1 Å². The van der Waals surface area contributed by atoms with Crippen LogP contribution in [0.2, 0.25) is 0 Å². The van der Waals surface area contributed by atoms with Crippen molar-refractivity contribution in [2.75, 3.05) is 38.2 Å². The number of aromatic nitrogens is 3. The fraction of sp³-hybridized carbons (Fsp3) is 0.250. The first-order valence-electron chi connectivity index (χ1n) is 10.8. The summed E-state index contributed by atoms with van der Waals surface area (Å²) in [5.74, 6) is -0.402. The third-order valence-corrected chi connectivity index (χ3v) is 5.46. The molecule has 2 aromatic heterocycles. The van der Waals surface area contributed by atoms with Crippen molar-refractivity contribution in [3.63, 3.8) is 0 Å². The molecule has 13 heteroatoms. The van der Waals surface area contributed by atoms with Crippen LogP contribution in [-0.4, -0.2) is 48.7 Å². The van der Waals surface area contributed by atoms with Crippen LogP contribution in [0.25, 0.3) is 10.9 Å². The zero-order valence-electron chi connectivity index (χ0n) is 20.0. The molecule has 10 nitrogen and oxygen atoms in total. The molecular weight excluding hydrogens is 495 g/mol. The van der Waals surface area contributed by atoms with Crippen LogP contribution < -0.4 is 24.8 Å². The quantitative estimate of drug-likeness (QED) is 0.303. The molecule has 0 radical (unpaired) electrons. The fourth-order valence-electron chi connectivity index (χ4n) is 3.29. The van der Waals surface area contributed by atoms with Crippen LogP contribution in [-0.2, 0) is 5.41 Å². The molecule has 0 unspecified atom stereocenters. The number of halogens is 3. The molecule has 0 atom stereocenters. The Balaban J connectivity index is 1.53. The number of fused-ring (bicyclic) bond motifs is 1. The van der Waals surface area contributed by atoms with E-state index in [2.05, 4.69) is 25.8 Å². The van der Waals surface area contributed by atoms with Gasteiger partial charge in [-0.25, -0.2) is 27.9 Å². The number of carbonyl (C=O) groups excluding carboxylic acids is 1. The summed E-state index contributed by atoms with van der Waals surface area (Å²) in [6, 6.07) is 7.67. The van der Waals surface area contributed by atoms with E-state index in [9.17, 15) is 13.6 Å². The first kappa shape index (κ1) is 25.5. The molecule has 2 N–H and O–H groups in total. The van der Waals surface area contributed by atoms with Gasteiger partial charge in [-0.3, -0.25) is 5.32 Å². The maximum atomic E-state index is 15.2. The number of ether oxygens (including phenoxy) is 3. The molecule has 2 amide bonds. The Morgan fingerprint density at radius 3 is 2.46 bits per heavy atom. The molecule has 0 aliphatic heterocycles. The number of anilines is 2. The average Bonchev–Trinajstić information content (AvgIpc) is 3.38. The number of nitrogens with zero attached hydrogens (tertiary/aromatic N) is 3.